The lowest BCUT2D eigenvalue weighted by atomic mass is 10.1. The van der Waals surface area contributed by atoms with Crippen molar-refractivity contribution in [3.05, 3.63) is 70.7 Å². The van der Waals surface area contributed by atoms with Gasteiger partial charge in [0.25, 0.3) is 0 Å². The normalized spacial score (nSPS) is 16.2. The highest BCUT2D eigenvalue weighted by Gasteiger charge is 2.31. The number of carbonyl (C=O) groups excluding carboxylic acids is 2. The third-order valence-corrected chi connectivity index (χ3v) is 7.80. The summed E-state index contributed by atoms with van der Waals surface area (Å²) in [4.78, 5) is 29.7. The van der Waals surface area contributed by atoms with Crippen molar-refractivity contribution in [3.8, 4) is 5.75 Å². The fraction of sp³-hybridized carbons (Fsp3) is 0.385. The molecule has 8 nitrogen and oxygen atoms in total. The molecular weight excluding hydrogens is 496 g/mol. The number of aromatic nitrogens is 2. The van der Waals surface area contributed by atoms with Gasteiger partial charge in [-0.25, -0.2) is 0 Å². The standard InChI is InChI=1S/C26H30N4O4S2/c1-19-27-28-26(36-19)35-18-25(32)30-15-23(34-17-21-9-6-10-22(13-21)33-2)14-29(24(31)16-30)12-11-20-7-4-3-5-8-20/h3-10,13,23H,11-12,14-18H2,1-2H3/t23-/m0/s1. The van der Waals surface area contributed by atoms with Crippen LogP contribution in [0.1, 0.15) is 16.1 Å². The average Bonchev–Trinajstić information content (AvgIpc) is 3.25. The quantitative estimate of drug-likeness (QED) is 0.374. The number of rotatable bonds is 10. The fourth-order valence-electron chi connectivity index (χ4n) is 3.93. The third-order valence-electron chi connectivity index (χ3n) is 5.84. The van der Waals surface area contributed by atoms with Crippen molar-refractivity contribution in [1.82, 2.24) is 20.0 Å². The Labute approximate surface area is 219 Å². The zero-order valence-corrected chi connectivity index (χ0v) is 22.1. The van der Waals surface area contributed by atoms with E-state index < -0.39 is 0 Å². The van der Waals surface area contributed by atoms with Crippen LogP contribution in [0.4, 0.5) is 0 Å². The van der Waals surface area contributed by atoms with Gasteiger partial charge in [-0.05, 0) is 36.6 Å². The number of benzene rings is 2. The van der Waals surface area contributed by atoms with E-state index in [4.69, 9.17) is 9.47 Å². The summed E-state index contributed by atoms with van der Waals surface area (Å²) in [6.07, 6.45) is 0.436. The van der Waals surface area contributed by atoms with Gasteiger partial charge in [-0.2, -0.15) is 0 Å². The average molecular weight is 527 g/mol. The Morgan fingerprint density at radius 3 is 2.67 bits per heavy atom. The molecule has 1 atom stereocenters. The summed E-state index contributed by atoms with van der Waals surface area (Å²) >= 11 is 2.80. The van der Waals surface area contributed by atoms with Crippen LogP contribution in [0, 0.1) is 6.92 Å². The van der Waals surface area contributed by atoms with E-state index in [1.165, 1.54) is 28.7 Å². The molecule has 190 valence electrons. The van der Waals surface area contributed by atoms with E-state index in [0.29, 0.717) is 26.2 Å². The molecule has 36 heavy (non-hydrogen) atoms. The van der Waals surface area contributed by atoms with Crippen molar-refractivity contribution < 1.29 is 19.1 Å². The van der Waals surface area contributed by atoms with Crippen LogP contribution in [0.3, 0.4) is 0 Å². The lowest BCUT2D eigenvalue weighted by molar-refractivity contribution is -0.137. The molecule has 0 saturated carbocycles. The maximum Gasteiger partial charge on any atom is 0.242 e. The van der Waals surface area contributed by atoms with Crippen molar-refractivity contribution in [1.29, 1.82) is 0 Å². The van der Waals surface area contributed by atoms with Gasteiger partial charge in [0.05, 0.1) is 32.1 Å². The van der Waals surface area contributed by atoms with E-state index in [1.54, 1.807) is 12.0 Å². The Bertz CT molecular complexity index is 1160. The first-order valence-corrected chi connectivity index (χ1v) is 13.6. The topological polar surface area (TPSA) is 84.9 Å². The van der Waals surface area contributed by atoms with Crippen LogP contribution in [0.2, 0.25) is 0 Å². The van der Waals surface area contributed by atoms with Crippen molar-refractivity contribution in [2.45, 2.75) is 30.4 Å². The van der Waals surface area contributed by atoms with Crippen molar-refractivity contribution in [3.63, 3.8) is 0 Å². The smallest absolute Gasteiger partial charge is 0.242 e. The summed E-state index contributed by atoms with van der Waals surface area (Å²) in [6, 6.07) is 17.8. The summed E-state index contributed by atoms with van der Waals surface area (Å²) < 4.78 is 12.3. The highest BCUT2D eigenvalue weighted by molar-refractivity contribution is 8.01. The number of nitrogens with zero attached hydrogens (tertiary/aromatic N) is 4. The highest BCUT2D eigenvalue weighted by Crippen LogP contribution is 2.23. The Kier molecular flexibility index (Phi) is 9.32. The monoisotopic (exact) mass is 526 g/mol. The maximum atomic E-state index is 13.2. The molecule has 3 aromatic rings. The van der Waals surface area contributed by atoms with E-state index in [1.807, 2.05) is 54.3 Å². The number of amides is 2. The molecule has 1 aliphatic heterocycles. The van der Waals surface area contributed by atoms with Crippen LogP contribution in [-0.4, -0.2) is 77.0 Å². The number of ether oxygens (including phenoxy) is 2. The number of methoxy groups -OCH3 is 1. The van der Waals surface area contributed by atoms with Crippen LogP contribution in [0.25, 0.3) is 0 Å². The molecule has 1 fully saturated rings. The van der Waals surface area contributed by atoms with Gasteiger partial charge in [-0.1, -0.05) is 65.6 Å². The molecule has 0 bridgehead atoms. The number of carbonyl (C=O) groups is 2. The number of hydrogen-bond donors (Lipinski definition) is 0. The number of aryl methyl sites for hydroxylation is 1. The third kappa shape index (κ3) is 7.52. The summed E-state index contributed by atoms with van der Waals surface area (Å²) in [5.41, 5.74) is 2.14. The Hall–Kier alpha value is -2.95. The minimum atomic E-state index is -0.309. The molecule has 2 heterocycles. The van der Waals surface area contributed by atoms with Gasteiger partial charge in [-0.15, -0.1) is 10.2 Å². The number of hydrogen-bond acceptors (Lipinski definition) is 8. The minimum Gasteiger partial charge on any atom is -0.497 e. The van der Waals surface area contributed by atoms with Crippen molar-refractivity contribution in [2.24, 2.45) is 0 Å². The Balaban J connectivity index is 1.43. The lowest BCUT2D eigenvalue weighted by Crippen LogP contribution is -2.40. The van der Waals surface area contributed by atoms with Crippen LogP contribution in [0.15, 0.2) is 58.9 Å². The summed E-state index contributed by atoms with van der Waals surface area (Å²) in [5, 5.41) is 8.93. The fourth-order valence-corrected chi connectivity index (χ4v) is 5.65. The largest absolute Gasteiger partial charge is 0.497 e. The van der Waals surface area contributed by atoms with Gasteiger partial charge in [0.1, 0.15) is 10.8 Å². The van der Waals surface area contributed by atoms with Gasteiger partial charge in [-0.3, -0.25) is 9.59 Å². The van der Waals surface area contributed by atoms with Crippen LogP contribution in [0.5, 0.6) is 5.75 Å². The first-order valence-electron chi connectivity index (χ1n) is 11.8. The van der Waals surface area contributed by atoms with E-state index in [-0.39, 0.29) is 30.2 Å². The molecule has 1 aliphatic rings. The Morgan fingerprint density at radius 1 is 1.11 bits per heavy atom. The van der Waals surface area contributed by atoms with Gasteiger partial charge in [0, 0.05) is 19.6 Å². The predicted molar refractivity (Wildman–Crippen MR) is 140 cm³/mol. The first-order chi connectivity index (χ1) is 17.5. The molecule has 1 aromatic heterocycles. The van der Waals surface area contributed by atoms with Gasteiger partial charge >= 0.3 is 0 Å². The van der Waals surface area contributed by atoms with Gasteiger partial charge in [0.15, 0.2) is 4.34 Å². The second kappa shape index (κ2) is 12.8. The first kappa shape index (κ1) is 26.1. The molecular formula is C26H30N4O4S2. The zero-order valence-electron chi connectivity index (χ0n) is 20.5. The minimum absolute atomic E-state index is 0.0440. The summed E-state index contributed by atoms with van der Waals surface area (Å²) in [6.45, 7) is 3.65. The Morgan fingerprint density at radius 2 is 1.92 bits per heavy atom. The van der Waals surface area contributed by atoms with Crippen LogP contribution in [-0.2, 0) is 27.4 Å². The van der Waals surface area contributed by atoms with Gasteiger partial charge < -0.3 is 19.3 Å². The molecule has 0 aliphatic carbocycles. The molecule has 0 unspecified atom stereocenters. The van der Waals surface area contributed by atoms with Crippen molar-refractivity contribution >= 4 is 34.9 Å². The van der Waals surface area contributed by atoms with E-state index >= 15 is 0 Å². The molecule has 10 heteroatoms. The van der Waals surface area contributed by atoms with E-state index in [2.05, 4.69) is 22.3 Å². The predicted octanol–water partition coefficient (Wildman–Crippen LogP) is 3.45. The molecule has 0 spiro atoms. The molecule has 2 amide bonds. The summed E-state index contributed by atoms with van der Waals surface area (Å²) in [7, 11) is 1.63. The second-order valence-electron chi connectivity index (χ2n) is 8.51. The molecule has 0 N–H and O–H groups in total. The molecule has 1 saturated heterocycles. The number of thioether (sulfide) groups is 1. The SMILES string of the molecule is COc1cccc(CO[C@H]2CN(CCc3ccccc3)C(=O)CN(C(=O)CSc3nnc(C)s3)C2)c1. The van der Waals surface area contributed by atoms with E-state index in [9.17, 15) is 9.59 Å². The second-order valence-corrected chi connectivity index (χ2v) is 10.9. The molecule has 0 radical (unpaired) electrons. The highest BCUT2D eigenvalue weighted by atomic mass is 32.2. The van der Waals surface area contributed by atoms with Crippen LogP contribution < -0.4 is 4.74 Å². The maximum absolute atomic E-state index is 13.2. The van der Waals surface area contributed by atoms with Crippen molar-refractivity contribution in [2.75, 3.05) is 39.0 Å². The van der Waals surface area contributed by atoms with Gasteiger partial charge in [0.2, 0.25) is 11.8 Å². The van der Waals surface area contributed by atoms with E-state index in [0.717, 1.165) is 27.1 Å². The molecule has 2 aromatic carbocycles. The molecule has 4 rings (SSSR count). The zero-order chi connectivity index (χ0) is 25.3. The van der Waals surface area contributed by atoms with Crippen LogP contribution >= 0.6 is 23.1 Å². The summed E-state index contributed by atoms with van der Waals surface area (Å²) in [5.74, 6) is 0.788. The lowest BCUT2D eigenvalue weighted by Gasteiger charge is -2.25.